The van der Waals surface area contributed by atoms with E-state index in [0.717, 1.165) is 22.5 Å². The zero-order chi connectivity index (χ0) is 15.0. The van der Waals surface area contributed by atoms with Gasteiger partial charge in [-0.1, -0.05) is 23.3 Å². The molecule has 106 valence electrons. The van der Waals surface area contributed by atoms with Crippen molar-refractivity contribution in [2.24, 2.45) is 7.05 Å². The van der Waals surface area contributed by atoms with Crippen molar-refractivity contribution in [2.45, 2.75) is 13.8 Å². The van der Waals surface area contributed by atoms with E-state index in [2.05, 4.69) is 42.1 Å². The van der Waals surface area contributed by atoms with Crippen LogP contribution in [0.2, 0.25) is 0 Å². The van der Waals surface area contributed by atoms with Gasteiger partial charge in [0.1, 0.15) is 11.5 Å². The third-order valence-electron chi connectivity index (χ3n) is 3.51. The quantitative estimate of drug-likeness (QED) is 0.782. The summed E-state index contributed by atoms with van der Waals surface area (Å²) in [6, 6.07) is 12.2. The minimum atomic E-state index is 0.628. The van der Waals surface area contributed by atoms with Gasteiger partial charge in [0.2, 0.25) is 0 Å². The van der Waals surface area contributed by atoms with E-state index in [4.69, 9.17) is 5.73 Å². The van der Waals surface area contributed by atoms with Crippen LogP contribution in [0.3, 0.4) is 0 Å². The number of anilines is 1. The number of aryl methyl sites for hydroxylation is 3. The fourth-order valence-electron chi connectivity index (χ4n) is 2.61. The minimum absolute atomic E-state index is 0.628. The molecule has 2 heterocycles. The molecule has 4 nitrogen and oxygen atoms in total. The molecule has 2 aromatic heterocycles. The highest BCUT2D eigenvalue weighted by molar-refractivity contribution is 5.86. The highest BCUT2D eigenvalue weighted by Crippen LogP contribution is 2.35. The number of nitrogens with two attached hydrogens (primary N) is 1. The minimum Gasteiger partial charge on any atom is -0.383 e. The van der Waals surface area contributed by atoms with Gasteiger partial charge in [-0.05, 0) is 38.1 Å². The number of rotatable bonds is 2. The van der Waals surface area contributed by atoms with E-state index in [1.165, 1.54) is 11.1 Å². The summed E-state index contributed by atoms with van der Waals surface area (Å²) in [5.74, 6) is 0.628. The molecule has 3 rings (SSSR count). The average Bonchev–Trinajstić information content (AvgIpc) is 2.75. The monoisotopic (exact) mass is 278 g/mol. The van der Waals surface area contributed by atoms with E-state index in [1.54, 1.807) is 10.9 Å². The zero-order valence-corrected chi connectivity index (χ0v) is 12.5. The van der Waals surface area contributed by atoms with Gasteiger partial charge in [-0.15, -0.1) is 0 Å². The van der Waals surface area contributed by atoms with Gasteiger partial charge in [-0.25, -0.2) is 0 Å². The molecule has 0 unspecified atom stereocenters. The van der Waals surface area contributed by atoms with Crippen LogP contribution in [-0.2, 0) is 7.05 Å². The smallest absolute Gasteiger partial charge is 0.131 e. The lowest BCUT2D eigenvalue weighted by atomic mass is 10.0. The maximum absolute atomic E-state index is 6.21. The summed E-state index contributed by atoms with van der Waals surface area (Å²) in [6.45, 7) is 4.17. The highest BCUT2D eigenvalue weighted by Gasteiger charge is 2.18. The molecule has 0 saturated heterocycles. The number of nitrogen functional groups attached to an aromatic ring is 1. The molecule has 0 spiro atoms. The van der Waals surface area contributed by atoms with Gasteiger partial charge in [-0.2, -0.15) is 5.10 Å². The molecule has 3 aromatic rings. The lowest BCUT2D eigenvalue weighted by Crippen LogP contribution is -1.98. The Morgan fingerprint density at radius 1 is 1.05 bits per heavy atom. The molecule has 0 atom stereocenters. The van der Waals surface area contributed by atoms with Crippen molar-refractivity contribution < 1.29 is 0 Å². The van der Waals surface area contributed by atoms with Crippen LogP contribution in [-0.4, -0.2) is 14.8 Å². The van der Waals surface area contributed by atoms with Crippen molar-refractivity contribution in [1.82, 2.24) is 14.8 Å². The first kappa shape index (κ1) is 13.4. The molecule has 2 N–H and O–H groups in total. The Hall–Kier alpha value is -2.62. The molecule has 0 aliphatic heterocycles. The van der Waals surface area contributed by atoms with E-state index in [-0.39, 0.29) is 0 Å². The number of benzene rings is 1. The first-order valence-corrected chi connectivity index (χ1v) is 6.89. The van der Waals surface area contributed by atoms with Crippen LogP contribution in [0.4, 0.5) is 5.82 Å². The van der Waals surface area contributed by atoms with Crippen molar-refractivity contribution in [2.75, 3.05) is 5.73 Å². The normalized spacial score (nSPS) is 10.8. The van der Waals surface area contributed by atoms with E-state index in [1.807, 2.05) is 25.2 Å². The van der Waals surface area contributed by atoms with Crippen LogP contribution < -0.4 is 5.73 Å². The Balaban J connectivity index is 2.26. The second kappa shape index (κ2) is 5.05. The van der Waals surface area contributed by atoms with E-state index < -0.39 is 0 Å². The summed E-state index contributed by atoms with van der Waals surface area (Å²) >= 11 is 0. The summed E-state index contributed by atoms with van der Waals surface area (Å²) in [6.07, 6.45) is 1.77. The van der Waals surface area contributed by atoms with Crippen molar-refractivity contribution in [3.8, 4) is 22.5 Å². The summed E-state index contributed by atoms with van der Waals surface area (Å²) in [5, 5.41) is 4.59. The van der Waals surface area contributed by atoms with E-state index in [9.17, 15) is 0 Å². The van der Waals surface area contributed by atoms with E-state index >= 15 is 0 Å². The van der Waals surface area contributed by atoms with Crippen LogP contribution in [0, 0.1) is 13.8 Å². The Kier molecular flexibility index (Phi) is 3.22. The molecular formula is C17H18N4. The standard InChI is InChI=1S/C17H18N4/c1-11-8-12(2)10-13(9-11)16-15(17(18)21(3)20-16)14-6-4-5-7-19-14/h4-10H,18H2,1-3H3. The molecule has 0 aliphatic carbocycles. The number of nitrogens with zero attached hydrogens (tertiary/aromatic N) is 3. The predicted molar refractivity (Wildman–Crippen MR) is 85.8 cm³/mol. The Morgan fingerprint density at radius 2 is 1.76 bits per heavy atom. The molecule has 0 radical (unpaired) electrons. The lowest BCUT2D eigenvalue weighted by Gasteiger charge is -2.06. The topological polar surface area (TPSA) is 56.7 Å². The molecule has 0 saturated carbocycles. The Bertz CT molecular complexity index is 768. The van der Waals surface area contributed by atoms with Gasteiger partial charge < -0.3 is 5.73 Å². The molecular weight excluding hydrogens is 260 g/mol. The molecule has 0 amide bonds. The number of aromatic nitrogens is 3. The number of pyridine rings is 1. The van der Waals surface area contributed by atoms with Gasteiger partial charge >= 0.3 is 0 Å². The molecule has 0 aliphatic rings. The van der Waals surface area contributed by atoms with Crippen molar-refractivity contribution in [1.29, 1.82) is 0 Å². The zero-order valence-electron chi connectivity index (χ0n) is 12.5. The summed E-state index contributed by atoms with van der Waals surface area (Å²) in [7, 11) is 1.86. The fourth-order valence-corrected chi connectivity index (χ4v) is 2.61. The SMILES string of the molecule is Cc1cc(C)cc(-c2nn(C)c(N)c2-c2ccccn2)c1. The summed E-state index contributed by atoms with van der Waals surface area (Å²) < 4.78 is 1.71. The molecule has 0 bridgehead atoms. The summed E-state index contributed by atoms with van der Waals surface area (Å²) in [5.41, 5.74) is 12.3. The van der Waals surface area contributed by atoms with Crippen LogP contribution >= 0.6 is 0 Å². The van der Waals surface area contributed by atoms with Crippen LogP contribution in [0.15, 0.2) is 42.6 Å². The van der Waals surface area contributed by atoms with Gasteiger partial charge in [-0.3, -0.25) is 9.67 Å². The van der Waals surface area contributed by atoms with Gasteiger partial charge in [0.15, 0.2) is 0 Å². The molecule has 21 heavy (non-hydrogen) atoms. The maximum Gasteiger partial charge on any atom is 0.131 e. The van der Waals surface area contributed by atoms with Crippen LogP contribution in [0.1, 0.15) is 11.1 Å². The van der Waals surface area contributed by atoms with Gasteiger partial charge in [0.25, 0.3) is 0 Å². The van der Waals surface area contributed by atoms with Crippen LogP contribution in [0.25, 0.3) is 22.5 Å². The highest BCUT2D eigenvalue weighted by atomic mass is 15.3. The van der Waals surface area contributed by atoms with E-state index in [0.29, 0.717) is 5.82 Å². The predicted octanol–water partition coefficient (Wildman–Crippen LogP) is 3.35. The number of hydrogen-bond acceptors (Lipinski definition) is 3. The maximum atomic E-state index is 6.21. The molecule has 1 aromatic carbocycles. The first-order chi connectivity index (χ1) is 10.1. The first-order valence-electron chi connectivity index (χ1n) is 6.89. The molecule has 4 heteroatoms. The fraction of sp³-hybridized carbons (Fsp3) is 0.176. The van der Waals surface area contributed by atoms with Crippen molar-refractivity contribution in [3.05, 3.63) is 53.7 Å². The third-order valence-corrected chi connectivity index (χ3v) is 3.51. The van der Waals surface area contributed by atoms with Gasteiger partial charge in [0, 0.05) is 18.8 Å². The van der Waals surface area contributed by atoms with Crippen molar-refractivity contribution in [3.63, 3.8) is 0 Å². The third kappa shape index (κ3) is 2.40. The average molecular weight is 278 g/mol. The molecule has 0 fully saturated rings. The number of hydrogen-bond donors (Lipinski definition) is 1. The Morgan fingerprint density at radius 3 is 2.38 bits per heavy atom. The summed E-state index contributed by atoms with van der Waals surface area (Å²) in [4.78, 5) is 4.42. The van der Waals surface area contributed by atoms with Crippen LogP contribution in [0.5, 0.6) is 0 Å². The largest absolute Gasteiger partial charge is 0.383 e. The second-order valence-electron chi connectivity index (χ2n) is 5.32. The lowest BCUT2D eigenvalue weighted by molar-refractivity contribution is 0.782. The van der Waals surface area contributed by atoms with Crippen molar-refractivity contribution >= 4 is 5.82 Å². The van der Waals surface area contributed by atoms with Gasteiger partial charge in [0.05, 0.1) is 11.3 Å². The Labute approximate surface area is 124 Å². The second-order valence-corrected chi connectivity index (χ2v) is 5.32.